The molecule has 0 bridgehead atoms. The molecule has 6 nitrogen and oxygen atoms in total. The molecule has 0 aliphatic rings. The van der Waals surface area contributed by atoms with Crippen LogP contribution in [0.3, 0.4) is 0 Å². The number of benzene rings is 2. The molecular weight excluding hydrogens is 352 g/mol. The molecule has 7 heteroatoms. The first-order valence-corrected chi connectivity index (χ1v) is 9.98. The second kappa shape index (κ2) is 9.02. The van der Waals surface area contributed by atoms with E-state index in [2.05, 4.69) is 5.32 Å². The molecule has 3 N–H and O–H groups in total. The van der Waals surface area contributed by atoms with Gasteiger partial charge in [0.25, 0.3) is 0 Å². The normalized spacial score (nSPS) is 12.6. The fraction of sp³-hybridized carbons (Fsp3) is 0.368. The fourth-order valence-electron chi connectivity index (χ4n) is 2.62. The van der Waals surface area contributed by atoms with Crippen molar-refractivity contribution in [2.24, 2.45) is 5.14 Å². The molecule has 2 aromatic rings. The molecule has 2 rings (SSSR count). The highest BCUT2D eigenvalue weighted by atomic mass is 32.2. The third kappa shape index (κ3) is 5.72. The first kappa shape index (κ1) is 20.2. The number of sulfonamides is 1. The number of hydrogen-bond donors (Lipinski definition) is 2. The minimum atomic E-state index is -3.69. The van der Waals surface area contributed by atoms with E-state index in [-0.39, 0.29) is 11.0 Å². The summed E-state index contributed by atoms with van der Waals surface area (Å²) in [6.07, 6.45) is 0.661. The van der Waals surface area contributed by atoms with Crippen LogP contribution in [-0.2, 0) is 16.4 Å². The van der Waals surface area contributed by atoms with E-state index in [1.807, 2.05) is 37.3 Å². The van der Waals surface area contributed by atoms with Crippen LogP contribution >= 0.6 is 0 Å². The number of nitrogens with two attached hydrogens (primary N) is 1. The average molecular weight is 378 g/mol. The molecule has 0 aliphatic heterocycles. The van der Waals surface area contributed by atoms with Gasteiger partial charge in [-0.1, -0.05) is 24.3 Å². The van der Waals surface area contributed by atoms with Crippen molar-refractivity contribution in [3.05, 3.63) is 53.6 Å². The lowest BCUT2D eigenvalue weighted by Crippen LogP contribution is -2.30. The predicted octanol–water partition coefficient (Wildman–Crippen LogP) is 2.25. The van der Waals surface area contributed by atoms with Gasteiger partial charge in [0, 0.05) is 6.54 Å². The third-order valence-corrected chi connectivity index (χ3v) is 5.03. The van der Waals surface area contributed by atoms with Crippen LogP contribution in [0.1, 0.15) is 18.1 Å². The summed E-state index contributed by atoms with van der Waals surface area (Å²) < 4.78 is 34.3. The SMILES string of the molecule is COc1ccccc1OC(C)CNCCc1ccc(C)c(S(N)(=O)=O)c1. The Labute approximate surface area is 155 Å². The third-order valence-electron chi connectivity index (χ3n) is 3.98. The van der Waals surface area contributed by atoms with Gasteiger partial charge in [-0.2, -0.15) is 0 Å². The van der Waals surface area contributed by atoms with Gasteiger partial charge in [-0.15, -0.1) is 0 Å². The van der Waals surface area contributed by atoms with Crippen molar-refractivity contribution in [2.45, 2.75) is 31.3 Å². The van der Waals surface area contributed by atoms with Gasteiger partial charge in [0.1, 0.15) is 6.10 Å². The number of para-hydroxylation sites is 2. The zero-order chi connectivity index (χ0) is 19.2. The molecule has 1 unspecified atom stereocenters. The van der Waals surface area contributed by atoms with Gasteiger partial charge in [0.05, 0.1) is 12.0 Å². The predicted molar refractivity (Wildman–Crippen MR) is 102 cm³/mol. The van der Waals surface area contributed by atoms with Crippen molar-refractivity contribution < 1.29 is 17.9 Å². The summed E-state index contributed by atoms with van der Waals surface area (Å²) in [6.45, 7) is 5.07. The average Bonchev–Trinajstić information content (AvgIpc) is 2.59. The smallest absolute Gasteiger partial charge is 0.238 e. The minimum absolute atomic E-state index is 0.0377. The Morgan fingerprint density at radius 3 is 2.50 bits per heavy atom. The molecule has 2 aromatic carbocycles. The van der Waals surface area contributed by atoms with Gasteiger partial charge in [0.15, 0.2) is 11.5 Å². The van der Waals surface area contributed by atoms with Crippen LogP contribution in [-0.4, -0.2) is 34.7 Å². The van der Waals surface area contributed by atoms with Crippen molar-refractivity contribution in [2.75, 3.05) is 20.2 Å². The minimum Gasteiger partial charge on any atom is -0.493 e. The number of ether oxygens (including phenoxy) is 2. The summed E-state index contributed by atoms with van der Waals surface area (Å²) >= 11 is 0. The lowest BCUT2D eigenvalue weighted by atomic mass is 10.1. The van der Waals surface area contributed by atoms with Gasteiger partial charge in [0.2, 0.25) is 10.0 Å². The molecule has 26 heavy (non-hydrogen) atoms. The molecule has 0 saturated heterocycles. The highest BCUT2D eigenvalue weighted by molar-refractivity contribution is 7.89. The molecule has 0 radical (unpaired) electrons. The molecule has 0 aromatic heterocycles. The first-order chi connectivity index (χ1) is 12.3. The molecule has 1 atom stereocenters. The van der Waals surface area contributed by atoms with E-state index in [0.717, 1.165) is 5.56 Å². The topological polar surface area (TPSA) is 90.7 Å². The van der Waals surface area contributed by atoms with E-state index in [1.54, 1.807) is 26.2 Å². The van der Waals surface area contributed by atoms with Crippen LogP contribution in [0, 0.1) is 6.92 Å². The Kier molecular flexibility index (Phi) is 7.02. The summed E-state index contributed by atoms with van der Waals surface area (Å²) in [5.41, 5.74) is 1.58. The summed E-state index contributed by atoms with van der Waals surface area (Å²) in [5, 5.41) is 8.57. The van der Waals surface area contributed by atoms with E-state index in [0.29, 0.717) is 36.6 Å². The van der Waals surface area contributed by atoms with Gasteiger partial charge in [-0.05, 0) is 56.1 Å². The maximum absolute atomic E-state index is 11.6. The fourth-order valence-corrected chi connectivity index (χ4v) is 3.45. The number of rotatable bonds is 9. The van der Waals surface area contributed by atoms with Crippen LogP contribution < -0.4 is 19.9 Å². The number of hydrogen-bond acceptors (Lipinski definition) is 5. The van der Waals surface area contributed by atoms with Crippen LogP contribution in [0.2, 0.25) is 0 Å². The van der Waals surface area contributed by atoms with Gasteiger partial charge >= 0.3 is 0 Å². The van der Waals surface area contributed by atoms with E-state index < -0.39 is 10.0 Å². The second-order valence-corrected chi connectivity index (χ2v) is 7.71. The van der Waals surface area contributed by atoms with Crippen LogP contribution in [0.15, 0.2) is 47.4 Å². The second-order valence-electron chi connectivity index (χ2n) is 6.18. The summed E-state index contributed by atoms with van der Waals surface area (Å²) in [6, 6.07) is 12.9. The Hall–Kier alpha value is -2.09. The molecular formula is C19H26N2O4S. The summed E-state index contributed by atoms with van der Waals surface area (Å²) in [4.78, 5) is 0.183. The number of primary sulfonamides is 1. The molecule has 0 spiro atoms. The van der Waals surface area contributed by atoms with Crippen LogP contribution in [0.5, 0.6) is 11.5 Å². The van der Waals surface area contributed by atoms with Crippen molar-refractivity contribution in [3.8, 4) is 11.5 Å². The highest BCUT2D eigenvalue weighted by Crippen LogP contribution is 2.26. The number of nitrogens with one attached hydrogen (secondary N) is 1. The monoisotopic (exact) mass is 378 g/mol. The van der Waals surface area contributed by atoms with Crippen molar-refractivity contribution in [3.63, 3.8) is 0 Å². The van der Waals surface area contributed by atoms with Gasteiger partial charge in [-0.3, -0.25) is 0 Å². The van der Waals surface area contributed by atoms with Crippen molar-refractivity contribution >= 4 is 10.0 Å². The first-order valence-electron chi connectivity index (χ1n) is 8.44. The van der Waals surface area contributed by atoms with E-state index in [9.17, 15) is 8.42 Å². The number of methoxy groups -OCH3 is 1. The van der Waals surface area contributed by atoms with E-state index >= 15 is 0 Å². The Morgan fingerprint density at radius 1 is 1.15 bits per heavy atom. The zero-order valence-electron chi connectivity index (χ0n) is 15.4. The van der Waals surface area contributed by atoms with Gasteiger partial charge < -0.3 is 14.8 Å². The zero-order valence-corrected chi connectivity index (χ0v) is 16.2. The summed E-state index contributed by atoms with van der Waals surface area (Å²) in [5.74, 6) is 1.41. The summed E-state index contributed by atoms with van der Waals surface area (Å²) in [7, 11) is -2.08. The van der Waals surface area contributed by atoms with Gasteiger partial charge in [-0.25, -0.2) is 13.6 Å². The standard InChI is InChI=1S/C19H26N2O4S/c1-14-8-9-16(12-19(14)26(20,22)23)10-11-21-13-15(2)25-18-7-5-4-6-17(18)24-3/h4-9,12,15,21H,10-11,13H2,1-3H3,(H2,20,22,23). The Morgan fingerprint density at radius 2 is 1.85 bits per heavy atom. The molecule has 0 fully saturated rings. The molecule has 0 saturated carbocycles. The highest BCUT2D eigenvalue weighted by Gasteiger charge is 2.12. The maximum atomic E-state index is 11.6. The number of aryl methyl sites for hydroxylation is 1. The van der Waals surface area contributed by atoms with Crippen molar-refractivity contribution in [1.82, 2.24) is 5.32 Å². The van der Waals surface area contributed by atoms with Crippen LogP contribution in [0.25, 0.3) is 0 Å². The van der Waals surface area contributed by atoms with E-state index in [1.165, 1.54) is 0 Å². The lowest BCUT2D eigenvalue weighted by Gasteiger charge is -2.17. The van der Waals surface area contributed by atoms with Crippen molar-refractivity contribution in [1.29, 1.82) is 0 Å². The molecule has 0 amide bonds. The van der Waals surface area contributed by atoms with E-state index in [4.69, 9.17) is 14.6 Å². The molecule has 0 aliphatic carbocycles. The quantitative estimate of drug-likeness (QED) is 0.653. The van der Waals surface area contributed by atoms with Crippen LogP contribution in [0.4, 0.5) is 0 Å². The Bertz CT molecular complexity index is 837. The Balaban J connectivity index is 1.83. The molecule has 142 valence electrons. The largest absolute Gasteiger partial charge is 0.493 e. The maximum Gasteiger partial charge on any atom is 0.238 e. The molecule has 0 heterocycles. The lowest BCUT2D eigenvalue weighted by molar-refractivity contribution is 0.208.